The van der Waals surface area contributed by atoms with Gasteiger partial charge in [-0.3, -0.25) is 9.59 Å². The van der Waals surface area contributed by atoms with Gasteiger partial charge >= 0.3 is 0 Å². The molecule has 5 heteroatoms. The van der Waals surface area contributed by atoms with Crippen molar-refractivity contribution in [3.05, 3.63) is 58.6 Å². The Morgan fingerprint density at radius 2 is 1.95 bits per heavy atom. The fraction of sp³-hybridized carbons (Fsp3) is 0.176. The summed E-state index contributed by atoms with van der Waals surface area (Å²) in [6.45, 7) is 0. The summed E-state index contributed by atoms with van der Waals surface area (Å²) >= 11 is 7.51. The van der Waals surface area contributed by atoms with Gasteiger partial charge in [0.2, 0.25) is 5.91 Å². The Morgan fingerprint density at radius 3 is 2.77 bits per heavy atom. The Balaban J connectivity index is 1.94. The lowest BCUT2D eigenvalue weighted by Gasteiger charge is -2.32. The number of fused-ring (bicyclic) bond motifs is 3. The van der Waals surface area contributed by atoms with Crippen molar-refractivity contribution < 1.29 is 9.59 Å². The highest BCUT2D eigenvalue weighted by Crippen LogP contribution is 2.56. The first-order valence-electron chi connectivity index (χ1n) is 6.92. The summed E-state index contributed by atoms with van der Waals surface area (Å²) in [7, 11) is 1.76. The van der Waals surface area contributed by atoms with E-state index < -0.39 is 4.75 Å². The zero-order chi connectivity index (χ0) is 15.5. The molecule has 0 N–H and O–H groups in total. The minimum Gasteiger partial charge on any atom is -0.314 e. The first kappa shape index (κ1) is 13.9. The Morgan fingerprint density at radius 1 is 1.18 bits per heavy atom. The highest BCUT2D eigenvalue weighted by Gasteiger charge is 2.54. The molecule has 0 saturated heterocycles. The van der Waals surface area contributed by atoms with Crippen LogP contribution in [0.1, 0.15) is 22.3 Å². The van der Waals surface area contributed by atoms with Gasteiger partial charge < -0.3 is 4.90 Å². The van der Waals surface area contributed by atoms with Crippen molar-refractivity contribution in [3.63, 3.8) is 0 Å². The quantitative estimate of drug-likeness (QED) is 0.736. The molecular weight excluding hydrogens is 318 g/mol. The van der Waals surface area contributed by atoms with Gasteiger partial charge in [0, 0.05) is 40.2 Å². The molecule has 2 heterocycles. The van der Waals surface area contributed by atoms with E-state index in [0.29, 0.717) is 10.6 Å². The average Bonchev–Trinajstić information content (AvgIpc) is 2.70. The molecule has 0 radical (unpaired) electrons. The second kappa shape index (κ2) is 4.61. The number of nitrogens with zero attached hydrogens (tertiary/aromatic N) is 1. The number of carbonyl (C=O) groups is 2. The standard InChI is InChI=1S/C17H12ClNO2S/c1-19-13-5-3-2-4-12(13)17(16(19)21)9-14(20)11-7-6-10(18)8-15(11)22-17/h2-8H,9H2,1H3. The number of hydrogen-bond acceptors (Lipinski definition) is 3. The van der Waals surface area contributed by atoms with Gasteiger partial charge in [-0.25, -0.2) is 0 Å². The third-order valence-corrected chi connectivity index (χ3v) is 5.97. The number of thioether (sulfide) groups is 1. The van der Waals surface area contributed by atoms with Crippen molar-refractivity contribution in [2.24, 2.45) is 0 Å². The predicted octanol–water partition coefficient (Wildman–Crippen LogP) is 3.89. The van der Waals surface area contributed by atoms with Crippen molar-refractivity contribution in [1.29, 1.82) is 0 Å². The number of halogens is 1. The number of benzene rings is 2. The van der Waals surface area contributed by atoms with Crippen molar-refractivity contribution in [2.75, 3.05) is 11.9 Å². The van der Waals surface area contributed by atoms with E-state index in [1.54, 1.807) is 30.1 Å². The number of likely N-dealkylation sites (N-methyl/N-ethyl adjacent to an activating group) is 1. The minimum absolute atomic E-state index is 0.0103. The third-order valence-electron chi connectivity index (χ3n) is 4.29. The van der Waals surface area contributed by atoms with Crippen LogP contribution in [0.2, 0.25) is 5.02 Å². The van der Waals surface area contributed by atoms with Crippen LogP contribution in [0.4, 0.5) is 5.69 Å². The molecule has 4 rings (SSSR count). The zero-order valence-corrected chi connectivity index (χ0v) is 13.4. The van der Waals surface area contributed by atoms with Gasteiger partial charge in [0.15, 0.2) is 5.78 Å². The van der Waals surface area contributed by atoms with E-state index in [-0.39, 0.29) is 18.1 Å². The summed E-state index contributed by atoms with van der Waals surface area (Å²) in [6, 6.07) is 12.9. The molecule has 1 amide bonds. The van der Waals surface area contributed by atoms with Crippen molar-refractivity contribution in [2.45, 2.75) is 16.1 Å². The van der Waals surface area contributed by atoms with E-state index >= 15 is 0 Å². The van der Waals surface area contributed by atoms with E-state index in [0.717, 1.165) is 16.1 Å². The van der Waals surface area contributed by atoms with Gasteiger partial charge in [-0.05, 0) is 24.3 Å². The Kier molecular flexibility index (Phi) is 2.90. The van der Waals surface area contributed by atoms with Crippen LogP contribution in [0.25, 0.3) is 0 Å². The third kappa shape index (κ3) is 1.71. The van der Waals surface area contributed by atoms with Gasteiger partial charge in [0.25, 0.3) is 0 Å². The first-order valence-corrected chi connectivity index (χ1v) is 8.12. The second-order valence-electron chi connectivity index (χ2n) is 5.55. The molecule has 0 fully saturated rings. The van der Waals surface area contributed by atoms with Gasteiger partial charge in [-0.1, -0.05) is 29.8 Å². The summed E-state index contributed by atoms with van der Waals surface area (Å²) in [5.41, 5.74) is 2.43. The van der Waals surface area contributed by atoms with Crippen LogP contribution >= 0.6 is 23.4 Å². The monoisotopic (exact) mass is 329 g/mol. The molecule has 0 saturated carbocycles. The molecule has 22 heavy (non-hydrogen) atoms. The molecule has 2 aromatic rings. The molecule has 0 bridgehead atoms. The molecule has 2 aromatic carbocycles. The van der Waals surface area contributed by atoms with Gasteiger partial charge in [-0.2, -0.15) is 0 Å². The number of carbonyl (C=O) groups excluding carboxylic acids is 2. The number of hydrogen-bond donors (Lipinski definition) is 0. The van der Waals surface area contributed by atoms with Crippen molar-refractivity contribution in [1.82, 2.24) is 0 Å². The lowest BCUT2D eigenvalue weighted by molar-refractivity contribution is -0.120. The van der Waals surface area contributed by atoms with Crippen LogP contribution in [0.5, 0.6) is 0 Å². The van der Waals surface area contributed by atoms with Crippen molar-refractivity contribution >= 4 is 40.7 Å². The van der Waals surface area contributed by atoms with Crippen LogP contribution < -0.4 is 4.90 Å². The highest BCUT2D eigenvalue weighted by molar-refractivity contribution is 8.01. The minimum atomic E-state index is -0.861. The number of ketones is 1. The summed E-state index contributed by atoms with van der Waals surface area (Å²) < 4.78 is -0.861. The van der Waals surface area contributed by atoms with Crippen molar-refractivity contribution in [3.8, 4) is 0 Å². The summed E-state index contributed by atoms with van der Waals surface area (Å²) in [6.07, 6.45) is 0.187. The fourth-order valence-electron chi connectivity index (χ4n) is 3.23. The molecule has 1 spiro atoms. The summed E-state index contributed by atoms with van der Waals surface area (Å²) in [4.78, 5) is 27.9. The van der Waals surface area contributed by atoms with E-state index in [9.17, 15) is 9.59 Å². The number of para-hydroxylation sites is 1. The number of amides is 1. The molecule has 2 aliphatic heterocycles. The number of Topliss-reactive ketones (excluding diaryl/α,β-unsaturated/α-hetero) is 1. The second-order valence-corrected chi connectivity index (χ2v) is 7.33. The Hall–Kier alpha value is -1.78. The van der Waals surface area contributed by atoms with Gasteiger partial charge in [0.05, 0.1) is 0 Å². The van der Waals surface area contributed by atoms with Crippen LogP contribution in [-0.4, -0.2) is 18.7 Å². The molecule has 2 aliphatic rings. The lowest BCUT2D eigenvalue weighted by atomic mass is 9.91. The van der Waals surface area contributed by atoms with E-state index in [1.807, 2.05) is 24.3 Å². The summed E-state index contributed by atoms with van der Waals surface area (Å²) in [5.74, 6) is -0.0541. The molecule has 1 atom stereocenters. The lowest BCUT2D eigenvalue weighted by Crippen LogP contribution is -2.39. The Labute approximate surface area is 137 Å². The van der Waals surface area contributed by atoms with Gasteiger partial charge in [-0.15, -0.1) is 11.8 Å². The molecule has 0 aromatic heterocycles. The molecule has 0 aliphatic carbocycles. The van der Waals surface area contributed by atoms with E-state index in [2.05, 4.69) is 0 Å². The fourth-order valence-corrected chi connectivity index (χ4v) is 5.03. The maximum atomic E-state index is 12.9. The number of anilines is 1. The zero-order valence-electron chi connectivity index (χ0n) is 11.8. The molecule has 110 valence electrons. The largest absolute Gasteiger partial charge is 0.314 e. The molecule has 3 nitrogen and oxygen atoms in total. The average molecular weight is 330 g/mol. The van der Waals surface area contributed by atoms with Crippen LogP contribution in [-0.2, 0) is 9.54 Å². The molecule has 1 unspecified atom stereocenters. The highest BCUT2D eigenvalue weighted by atomic mass is 35.5. The van der Waals surface area contributed by atoms with E-state index in [4.69, 9.17) is 11.6 Å². The van der Waals surface area contributed by atoms with Crippen LogP contribution in [0, 0.1) is 0 Å². The Bertz CT molecular complexity index is 835. The normalized spacial score (nSPS) is 22.9. The van der Waals surface area contributed by atoms with Crippen LogP contribution in [0.3, 0.4) is 0 Å². The molecular formula is C17H12ClNO2S. The maximum Gasteiger partial charge on any atom is 0.248 e. The van der Waals surface area contributed by atoms with Crippen LogP contribution in [0.15, 0.2) is 47.4 Å². The predicted molar refractivity (Wildman–Crippen MR) is 87.8 cm³/mol. The topological polar surface area (TPSA) is 37.4 Å². The maximum absolute atomic E-state index is 12.9. The van der Waals surface area contributed by atoms with Gasteiger partial charge in [0.1, 0.15) is 4.75 Å². The smallest absolute Gasteiger partial charge is 0.248 e. The SMILES string of the molecule is CN1C(=O)C2(CC(=O)c3ccc(Cl)cc3S2)c2ccccc21. The van der Waals surface area contributed by atoms with E-state index in [1.165, 1.54) is 11.8 Å². The number of rotatable bonds is 0. The summed E-state index contributed by atoms with van der Waals surface area (Å²) in [5, 5.41) is 0.572. The first-order chi connectivity index (χ1) is 10.5.